The zero-order valence-electron chi connectivity index (χ0n) is 16.5. The minimum atomic E-state index is -0.0135. The summed E-state index contributed by atoms with van der Waals surface area (Å²) in [7, 11) is 0. The summed E-state index contributed by atoms with van der Waals surface area (Å²) >= 11 is 0. The van der Waals surface area contributed by atoms with Crippen LogP contribution in [0.3, 0.4) is 0 Å². The van der Waals surface area contributed by atoms with E-state index < -0.39 is 0 Å². The molecule has 1 amide bonds. The highest BCUT2D eigenvalue weighted by molar-refractivity contribution is 6.14. The molecule has 4 aromatic rings. The molecule has 2 aromatic carbocycles. The quantitative estimate of drug-likeness (QED) is 0.428. The number of benzene rings is 2. The number of anilines is 1. The molecule has 0 saturated heterocycles. The molecule has 0 saturated carbocycles. The highest BCUT2D eigenvalue weighted by Gasteiger charge is 2.21. The second-order valence-electron chi connectivity index (χ2n) is 6.93. The molecule has 0 bridgehead atoms. The van der Waals surface area contributed by atoms with E-state index in [1.165, 1.54) is 0 Å². The van der Waals surface area contributed by atoms with Gasteiger partial charge in [-0.05, 0) is 42.8 Å². The lowest BCUT2D eigenvalue weighted by Gasteiger charge is -2.23. The molecule has 144 valence electrons. The van der Waals surface area contributed by atoms with Gasteiger partial charge in [-0.2, -0.15) is 0 Å². The van der Waals surface area contributed by atoms with Gasteiger partial charge < -0.3 is 4.90 Å². The zero-order chi connectivity index (χ0) is 20.1. The molecule has 0 aliphatic rings. The number of aromatic nitrogens is 2. The Kier molecular flexibility index (Phi) is 5.61. The van der Waals surface area contributed by atoms with E-state index in [1.807, 2.05) is 83.8 Å². The largest absolute Gasteiger partial charge is 0.308 e. The van der Waals surface area contributed by atoms with Gasteiger partial charge >= 0.3 is 0 Å². The standard InChI is InChI=1S/C25H23N3O/c1-2-3-17-28(19-11-5-4-6-12-19)25(29)21-18-24(23-15-9-10-16-26-23)27-22-14-8-7-13-20(21)22/h4-16,18H,2-3,17H2,1H3. The van der Waals surface area contributed by atoms with Crippen LogP contribution in [0.4, 0.5) is 5.69 Å². The van der Waals surface area contributed by atoms with Gasteiger partial charge in [-0.25, -0.2) is 4.98 Å². The second kappa shape index (κ2) is 8.65. The lowest BCUT2D eigenvalue weighted by Crippen LogP contribution is -2.32. The van der Waals surface area contributed by atoms with Gasteiger partial charge in [-0.15, -0.1) is 0 Å². The maximum absolute atomic E-state index is 13.7. The van der Waals surface area contributed by atoms with E-state index in [9.17, 15) is 4.79 Å². The third kappa shape index (κ3) is 4.02. The maximum Gasteiger partial charge on any atom is 0.259 e. The lowest BCUT2D eigenvalue weighted by atomic mass is 10.0. The number of rotatable bonds is 6. The van der Waals surface area contributed by atoms with E-state index >= 15 is 0 Å². The molecule has 2 aromatic heterocycles. The van der Waals surface area contributed by atoms with Crippen molar-refractivity contribution in [1.82, 2.24) is 9.97 Å². The first-order chi connectivity index (χ1) is 14.3. The number of carbonyl (C=O) groups is 1. The van der Waals surface area contributed by atoms with Crippen molar-refractivity contribution in [2.45, 2.75) is 19.8 Å². The van der Waals surface area contributed by atoms with Crippen LogP contribution in [0.25, 0.3) is 22.3 Å². The Morgan fingerprint density at radius 3 is 2.41 bits per heavy atom. The van der Waals surface area contributed by atoms with E-state index in [0.717, 1.165) is 35.1 Å². The summed E-state index contributed by atoms with van der Waals surface area (Å²) in [5, 5.41) is 0.856. The van der Waals surface area contributed by atoms with Gasteiger partial charge in [0.2, 0.25) is 0 Å². The molecule has 0 N–H and O–H groups in total. The Balaban J connectivity index is 1.85. The molecule has 0 fully saturated rings. The molecular weight excluding hydrogens is 358 g/mol. The van der Waals surface area contributed by atoms with Crippen LogP contribution in [0, 0.1) is 0 Å². The van der Waals surface area contributed by atoms with Crippen molar-refractivity contribution in [3.63, 3.8) is 0 Å². The smallest absolute Gasteiger partial charge is 0.259 e. The third-order valence-corrected chi connectivity index (χ3v) is 4.92. The number of pyridine rings is 2. The number of unbranched alkanes of at least 4 members (excludes halogenated alkanes) is 1. The summed E-state index contributed by atoms with van der Waals surface area (Å²) < 4.78 is 0. The molecule has 0 aliphatic carbocycles. The van der Waals surface area contributed by atoms with Crippen molar-refractivity contribution in [1.29, 1.82) is 0 Å². The Morgan fingerprint density at radius 1 is 0.897 bits per heavy atom. The first-order valence-corrected chi connectivity index (χ1v) is 9.96. The monoisotopic (exact) mass is 381 g/mol. The molecule has 29 heavy (non-hydrogen) atoms. The summed E-state index contributed by atoms with van der Waals surface area (Å²) in [6.45, 7) is 2.81. The van der Waals surface area contributed by atoms with E-state index in [1.54, 1.807) is 6.20 Å². The topological polar surface area (TPSA) is 46.1 Å². The van der Waals surface area contributed by atoms with Crippen molar-refractivity contribution < 1.29 is 4.79 Å². The van der Waals surface area contributed by atoms with Crippen LogP contribution in [0.1, 0.15) is 30.1 Å². The normalized spacial score (nSPS) is 10.8. The van der Waals surface area contributed by atoms with Crippen LogP contribution >= 0.6 is 0 Å². The summed E-state index contributed by atoms with van der Waals surface area (Å²) in [6, 6.07) is 25.2. The first kappa shape index (κ1) is 18.8. The average molecular weight is 381 g/mol. The fourth-order valence-electron chi connectivity index (χ4n) is 3.42. The van der Waals surface area contributed by atoms with Crippen molar-refractivity contribution in [2.75, 3.05) is 11.4 Å². The van der Waals surface area contributed by atoms with Gasteiger partial charge in [0.15, 0.2) is 0 Å². The summed E-state index contributed by atoms with van der Waals surface area (Å²) in [5.74, 6) is -0.0135. The lowest BCUT2D eigenvalue weighted by molar-refractivity contribution is 0.0988. The fourth-order valence-corrected chi connectivity index (χ4v) is 3.42. The SMILES string of the molecule is CCCCN(C(=O)c1cc(-c2ccccn2)nc2ccccc12)c1ccccc1. The summed E-state index contributed by atoms with van der Waals surface area (Å²) in [6.07, 6.45) is 3.70. The molecule has 4 heteroatoms. The molecule has 0 spiro atoms. The van der Waals surface area contributed by atoms with Gasteiger partial charge in [-0.3, -0.25) is 9.78 Å². The molecule has 4 rings (SSSR count). The number of carbonyl (C=O) groups excluding carboxylic acids is 1. The van der Waals surface area contributed by atoms with E-state index in [-0.39, 0.29) is 5.91 Å². The predicted octanol–water partition coefficient (Wildman–Crippen LogP) is 5.74. The minimum Gasteiger partial charge on any atom is -0.308 e. The zero-order valence-corrected chi connectivity index (χ0v) is 16.5. The number of amides is 1. The predicted molar refractivity (Wildman–Crippen MR) is 118 cm³/mol. The molecule has 0 unspecified atom stereocenters. The Hall–Kier alpha value is -3.53. The van der Waals surface area contributed by atoms with Gasteiger partial charge in [0.05, 0.1) is 22.5 Å². The van der Waals surface area contributed by atoms with Crippen LogP contribution in [-0.4, -0.2) is 22.4 Å². The van der Waals surface area contributed by atoms with Crippen LogP contribution in [0.2, 0.25) is 0 Å². The molecule has 2 heterocycles. The van der Waals surface area contributed by atoms with Crippen molar-refractivity contribution >= 4 is 22.5 Å². The first-order valence-electron chi connectivity index (χ1n) is 9.96. The van der Waals surface area contributed by atoms with Crippen LogP contribution in [0.5, 0.6) is 0 Å². The highest BCUT2D eigenvalue weighted by Crippen LogP contribution is 2.27. The van der Waals surface area contributed by atoms with Crippen molar-refractivity contribution in [3.8, 4) is 11.4 Å². The maximum atomic E-state index is 13.7. The Labute approximate surface area is 170 Å². The second-order valence-corrected chi connectivity index (χ2v) is 6.93. The van der Waals surface area contributed by atoms with Crippen molar-refractivity contribution in [3.05, 3.63) is 90.6 Å². The Bertz CT molecular complexity index is 1110. The number of para-hydroxylation sites is 2. The minimum absolute atomic E-state index is 0.0135. The molecule has 0 radical (unpaired) electrons. The van der Waals surface area contributed by atoms with Gasteiger partial charge in [0.25, 0.3) is 5.91 Å². The number of fused-ring (bicyclic) bond motifs is 1. The average Bonchev–Trinajstić information content (AvgIpc) is 2.79. The van der Waals surface area contributed by atoms with E-state index in [2.05, 4.69) is 11.9 Å². The number of hydrogen-bond donors (Lipinski definition) is 0. The number of nitrogens with zero attached hydrogens (tertiary/aromatic N) is 3. The molecule has 0 aliphatic heterocycles. The van der Waals surface area contributed by atoms with Crippen LogP contribution < -0.4 is 4.90 Å². The summed E-state index contributed by atoms with van der Waals surface area (Å²) in [5.41, 5.74) is 3.81. The van der Waals surface area contributed by atoms with E-state index in [4.69, 9.17) is 4.98 Å². The Morgan fingerprint density at radius 2 is 1.66 bits per heavy atom. The van der Waals surface area contributed by atoms with Gasteiger partial charge in [-0.1, -0.05) is 55.8 Å². The van der Waals surface area contributed by atoms with Gasteiger partial charge in [0, 0.05) is 23.8 Å². The van der Waals surface area contributed by atoms with Gasteiger partial charge in [0.1, 0.15) is 0 Å². The van der Waals surface area contributed by atoms with Crippen molar-refractivity contribution in [2.24, 2.45) is 0 Å². The third-order valence-electron chi connectivity index (χ3n) is 4.92. The fraction of sp³-hybridized carbons (Fsp3) is 0.160. The molecule has 4 nitrogen and oxygen atoms in total. The van der Waals surface area contributed by atoms with E-state index in [0.29, 0.717) is 17.8 Å². The van der Waals surface area contributed by atoms with Crippen LogP contribution in [-0.2, 0) is 0 Å². The molecule has 0 atom stereocenters. The summed E-state index contributed by atoms with van der Waals surface area (Å²) in [4.78, 5) is 24.8. The number of hydrogen-bond acceptors (Lipinski definition) is 3. The highest BCUT2D eigenvalue weighted by atomic mass is 16.2. The van der Waals surface area contributed by atoms with Crippen LogP contribution in [0.15, 0.2) is 85.1 Å². The molecular formula is C25H23N3O.